The van der Waals surface area contributed by atoms with Gasteiger partial charge in [-0.1, -0.05) is 42.1 Å². The summed E-state index contributed by atoms with van der Waals surface area (Å²) in [6.45, 7) is 1.98. The normalized spacial score (nSPS) is 10.8. The minimum Gasteiger partial charge on any atom is -0.397 e. The summed E-state index contributed by atoms with van der Waals surface area (Å²) < 4.78 is 0. The van der Waals surface area contributed by atoms with Crippen LogP contribution in [0.1, 0.15) is 5.69 Å². The fraction of sp³-hybridized carbons (Fsp3) is 0.0625. The Hall–Kier alpha value is -2.00. The van der Waals surface area contributed by atoms with Crippen LogP contribution >= 0.6 is 11.8 Å². The number of fused-ring (bicyclic) bond motifs is 1. The Labute approximate surface area is 116 Å². The third kappa shape index (κ3) is 2.56. The smallest absolute Gasteiger partial charge is 0.124 e. The van der Waals surface area contributed by atoms with Gasteiger partial charge in [0.25, 0.3) is 0 Å². The first-order valence-electron chi connectivity index (χ1n) is 6.12. The lowest BCUT2D eigenvalue weighted by molar-refractivity contribution is 1.07. The topological polar surface area (TPSA) is 38.9 Å². The summed E-state index contributed by atoms with van der Waals surface area (Å²) in [4.78, 5) is 5.64. The molecule has 3 rings (SSSR count). The third-order valence-electron chi connectivity index (χ3n) is 2.96. The van der Waals surface area contributed by atoms with Gasteiger partial charge in [0.15, 0.2) is 0 Å². The van der Waals surface area contributed by atoms with Crippen LogP contribution in [0.4, 0.5) is 5.69 Å². The van der Waals surface area contributed by atoms with Crippen LogP contribution < -0.4 is 5.73 Å². The predicted octanol–water partition coefficient (Wildman–Crippen LogP) is 4.28. The van der Waals surface area contributed by atoms with Crippen LogP contribution in [0.25, 0.3) is 10.8 Å². The van der Waals surface area contributed by atoms with Gasteiger partial charge >= 0.3 is 0 Å². The maximum absolute atomic E-state index is 5.97. The summed E-state index contributed by atoms with van der Waals surface area (Å²) in [5, 5.41) is 3.35. The lowest BCUT2D eigenvalue weighted by Crippen LogP contribution is -1.93. The van der Waals surface area contributed by atoms with Crippen molar-refractivity contribution in [3.8, 4) is 0 Å². The Balaban J connectivity index is 1.98. The number of nitrogens with two attached hydrogens (primary N) is 1. The molecule has 0 saturated carbocycles. The first kappa shape index (κ1) is 12.1. The summed E-state index contributed by atoms with van der Waals surface area (Å²) in [5.41, 5.74) is 7.68. The summed E-state index contributed by atoms with van der Waals surface area (Å²) in [6, 6.07) is 18.6. The van der Waals surface area contributed by atoms with Crippen LogP contribution in [0, 0.1) is 6.92 Å². The fourth-order valence-electron chi connectivity index (χ4n) is 1.97. The van der Waals surface area contributed by atoms with Crippen LogP contribution in [0.3, 0.4) is 0 Å². The summed E-state index contributed by atoms with van der Waals surface area (Å²) in [6.07, 6.45) is 0. The second-order valence-corrected chi connectivity index (χ2v) is 5.52. The zero-order valence-electron chi connectivity index (χ0n) is 10.6. The Morgan fingerprint density at radius 1 is 0.947 bits per heavy atom. The van der Waals surface area contributed by atoms with Gasteiger partial charge in [0, 0.05) is 10.6 Å². The molecule has 2 aromatic carbocycles. The second-order valence-electron chi connectivity index (χ2n) is 4.46. The van der Waals surface area contributed by atoms with E-state index >= 15 is 0 Å². The van der Waals surface area contributed by atoms with E-state index in [2.05, 4.69) is 47.4 Å². The van der Waals surface area contributed by atoms with Crippen molar-refractivity contribution < 1.29 is 0 Å². The molecule has 1 heterocycles. The molecule has 0 atom stereocenters. The molecule has 0 fully saturated rings. The first-order valence-corrected chi connectivity index (χ1v) is 6.94. The highest BCUT2D eigenvalue weighted by molar-refractivity contribution is 7.99. The van der Waals surface area contributed by atoms with Crippen LogP contribution in [0.2, 0.25) is 0 Å². The number of aromatic nitrogens is 1. The van der Waals surface area contributed by atoms with Gasteiger partial charge < -0.3 is 5.73 Å². The quantitative estimate of drug-likeness (QED) is 0.752. The number of aryl methyl sites for hydroxylation is 1. The number of anilines is 1. The molecular weight excluding hydrogens is 252 g/mol. The van der Waals surface area contributed by atoms with E-state index in [1.54, 1.807) is 11.8 Å². The number of hydrogen-bond acceptors (Lipinski definition) is 3. The predicted molar refractivity (Wildman–Crippen MR) is 81.5 cm³/mol. The lowest BCUT2D eigenvalue weighted by Gasteiger charge is -2.06. The summed E-state index contributed by atoms with van der Waals surface area (Å²) in [5.74, 6) is 0. The van der Waals surface area contributed by atoms with E-state index < -0.39 is 0 Å². The van der Waals surface area contributed by atoms with Crippen molar-refractivity contribution in [2.75, 3.05) is 5.73 Å². The SMILES string of the molecule is Cc1ccc(N)c(Sc2ccc3ccccc3c2)n1. The maximum Gasteiger partial charge on any atom is 0.124 e. The number of hydrogen-bond donors (Lipinski definition) is 1. The monoisotopic (exact) mass is 266 g/mol. The third-order valence-corrected chi connectivity index (χ3v) is 3.97. The van der Waals surface area contributed by atoms with Gasteiger partial charge in [-0.3, -0.25) is 0 Å². The molecule has 0 saturated heterocycles. The molecule has 0 amide bonds. The first-order chi connectivity index (χ1) is 9.22. The van der Waals surface area contributed by atoms with Gasteiger partial charge in [-0.2, -0.15) is 0 Å². The number of nitrogen functional groups attached to an aromatic ring is 1. The standard InChI is InChI=1S/C16H14N2S/c1-11-6-9-15(17)16(18-11)19-14-8-7-12-4-2-3-5-13(12)10-14/h2-10H,17H2,1H3. The molecule has 0 aliphatic carbocycles. The van der Waals surface area contributed by atoms with Crippen LogP contribution in [-0.2, 0) is 0 Å². The van der Waals surface area contributed by atoms with E-state index in [1.807, 2.05) is 19.1 Å². The average molecular weight is 266 g/mol. The zero-order valence-corrected chi connectivity index (χ0v) is 11.4. The van der Waals surface area contributed by atoms with E-state index in [9.17, 15) is 0 Å². The Morgan fingerprint density at radius 2 is 1.74 bits per heavy atom. The van der Waals surface area contributed by atoms with Crippen LogP contribution in [0.5, 0.6) is 0 Å². The molecule has 0 spiro atoms. The minimum atomic E-state index is 0.726. The van der Waals surface area contributed by atoms with Crippen LogP contribution in [-0.4, -0.2) is 4.98 Å². The highest BCUT2D eigenvalue weighted by atomic mass is 32.2. The molecule has 94 valence electrons. The molecule has 2 nitrogen and oxygen atoms in total. The molecule has 3 aromatic rings. The number of benzene rings is 2. The van der Waals surface area contributed by atoms with Crippen molar-refractivity contribution in [2.45, 2.75) is 16.8 Å². The van der Waals surface area contributed by atoms with E-state index in [1.165, 1.54) is 10.8 Å². The molecule has 0 unspecified atom stereocenters. The van der Waals surface area contributed by atoms with Crippen molar-refractivity contribution in [1.29, 1.82) is 0 Å². The van der Waals surface area contributed by atoms with Crippen molar-refractivity contribution in [3.05, 3.63) is 60.3 Å². The Morgan fingerprint density at radius 3 is 2.58 bits per heavy atom. The van der Waals surface area contributed by atoms with E-state index in [-0.39, 0.29) is 0 Å². The van der Waals surface area contributed by atoms with Gasteiger partial charge in [-0.15, -0.1) is 0 Å². The van der Waals surface area contributed by atoms with Gasteiger partial charge in [0.2, 0.25) is 0 Å². The summed E-state index contributed by atoms with van der Waals surface area (Å²) >= 11 is 1.61. The highest BCUT2D eigenvalue weighted by Gasteiger charge is 2.04. The molecular formula is C16H14N2S. The van der Waals surface area contributed by atoms with Crippen molar-refractivity contribution in [3.63, 3.8) is 0 Å². The van der Waals surface area contributed by atoms with Crippen LogP contribution in [0.15, 0.2) is 64.5 Å². The molecule has 3 heteroatoms. The second kappa shape index (κ2) is 4.94. The van der Waals surface area contributed by atoms with Crippen molar-refractivity contribution in [1.82, 2.24) is 4.98 Å². The highest BCUT2D eigenvalue weighted by Crippen LogP contribution is 2.32. The molecule has 0 aliphatic heterocycles. The number of nitrogens with zero attached hydrogens (tertiary/aromatic N) is 1. The number of pyridine rings is 1. The zero-order chi connectivity index (χ0) is 13.2. The van der Waals surface area contributed by atoms with Crippen molar-refractivity contribution in [2.24, 2.45) is 0 Å². The molecule has 2 N–H and O–H groups in total. The van der Waals surface area contributed by atoms with E-state index in [0.29, 0.717) is 0 Å². The Bertz CT molecular complexity index is 738. The van der Waals surface area contributed by atoms with Gasteiger partial charge in [0.1, 0.15) is 5.03 Å². The Kier molecular flexibility index (Phi) is 3.13. The maximum atomic E-state index is 5.97. The summed E-state index contributed by atoms with van der Waals surface area (Å²) in [7, 11) is 0. The molecule has 0 radical (unpaired) electrons. The van der Waals surface area contributed by atoms with Gasteiger partial charge in [-0.25, -0.2) is 4.98 Å². The van der Waals surface area contributed by atoms with Crippen molar-refractivity contribution >= 4 is 28.2 Å². The fourth-order valence-corrected chi connectivity index (χ4v) is 2.89. The van der Waals surface area contributed by atoms with E-state index in [0.717, 1.165) is 21.3 Å². The minimum absolute atomic E-state index is 0.726. The van der Waals surface area contributed by atoms with E-state index in [4.69, 9.17) is 5.73 Å². The van der Waals surface area contributed by atoms with Gasteiger partial charge in [0.05, 0.1) is 5.69 Å². The van der Waals surface area contributed by atoms with Gasteiger partial charge in [-0.05, 0) is 42.0 Å². The molecule has 1 aromatic heterocycles. The number of rotatable bonds is 2. The lowest BCUT2D eigenvalue weighted by atomic mass is 10.1. The average Bonchev–Trinajstić information content (AvgIpc) is 2.43. The molecule has 0 aliphatic rings. The molecule has 19 heavy (non-hydrogen) atoms. The largest absolute Gasteiger partial charge is 0.397 e. The molecule has 0 bridgehead atoms.